The Bertz CT molecular complexity index is 1750. The summed E-state index contributed by atoms with van der Waals surface area (Å²) < 4.78 is 7.42. The minimum absolute atomic E-state index is 0.208. The molecule has 11 heteroatoms. The highest BCUT2D eigenvalue weighted by Crippen LogP contribution is 2.27. The third-order valence-electron chi connectivity index (χ3n) is 5.80. The van der Waals surface area contributed by atoms with E-state index >= 15 is 0 Å². The number of rotatable bonds is 5. The SMILES string of the molecule is Cc1nc2ccc(C(=O)NCc3cc4cc(Cl)cc(Cn5cnc6c(N)ncnc65)c4[nH]3)cc2o1. The molecule has 0 radical (unpaired) electrons. The normalized spacial score (nSPS) is 11.6. The maximum Gasteiger partial charge on any atom is 0.251 e. The first-order chi connectivity index (χ1) is 16.9. The maximum absolute atomic E-state index is 12.7. The molecule has 0 aliphatic rings. The molecule has 0 spiro atoms. The topological polar surface area (TPSA) is 141 Å². The lowest BCUT2D eigenvalue weighted by atomic mass is 10.1. The predicted octanol–water partition coefficient (Wildman–Crippen LogP) is 3.97. The van der Waals surface area contributed by atoms with Gasteiger partial charge in [0.05, 0.1) is 24.9 Å². The minimum Gasteiger partial charge on any atom is -0.441 e. The average molecular weight is 487 g/mol. The summed E-state index contributed by atoms with van der Waals surface area (Å²) in [6.07, 6.45) is 3.10. The summed E-state index contributed by atoms with van der Waals surface area (Å²) in [6, 6.07) is 11.0. The number of halogens is 1. The molecule has 0 fully saturated rings. The van der Waals surface area contributed by atoms with Gasteiger partial charge in [-0.3, -0.25) is 4.79 Å². The summed E-state index contributed by atoms with van der Waals surface area (Å²) in [5.74, 6) is 0.685. The second kappa shape index (κ2) is 8.10. The van der Waals surface area contributed by atoms with Gasteiger partial charge in [-0.25, -0.2) is 19.9 Å². The number of benzene rings is 2. The quantitative estimate of drug-likeness (QED) is 0.335. The van der Waals surface area contributed by atoms with Gasteiger partial charge < -0.3 is 25.0 Å². The number of nitrogens with two attached hydrogens (primary N) is 1. The van der Waals surface area contributed by atoms with Crippen LogP contribution in [0.25, 0.3) is 33.2 Å². The Morgan fingerprint density at radius 1 is 1.20 bits per heavy atom. The van der Waals surface area contributed by atoms with Gasteiger partial charge in [-0.05, 0) is 42.0 Å². The van der Waals surface area contributed by atoms with Crippen molar-refractivity contribution in [1.82, 2.24) is 34.8 Å². The Morgan fingerprint density at radius 3 is 2.97 bits per heavy atom. The fourth-order valence-corrected chi connectivity index (χ4v) is 4.46. The van der Waals surface area contributed by atoms with Crippen LogP contribution < -0.4 is 11.1 Å². The molecule has 0 atom stereocenters. The van der Waals surface area contributed by atoms with Crippen LogP contribution in [-0.2, 0) is 13.1 Å². The molecule has 2 aromatic carbocycles. The summed E-state index contributed by atoms with van der Waals surface area (Å²) in [5, 5.41) is 4.49. The Balaban J connectivity index is 1.25. The van der Waals surface area contributed by atoms with Gasteiger partial charge >= 0.3 is 0 Å². The number of oxazole rings is 1. The van der Waals surface area contributed by atoms with Crippen molar-refractivity contribution in [3.05, 3.63) is 76.8 Å². The van der Waals surface area contributed by atoms with Crippen LogP contribution in [0.5, 0.6) is 0 Å². The van der Waals surface area contributed by atoms with E-state index in [2.05, 4.69) is 30.2 Å². The van der Waals surface area contributed by atoms with Gasteiger partial charge in [0.1, 0.15) is 17.4 Å². The monoisotopic (exact) mass is 486 g/mol. The van der Waals surface area contributed by atoms with Crippen LogP contribution in [-0.4, -0.2) is 35.4 Å². The van der Waals surface area contributed by atoms with Gasteiger partial charge in [-0.2, -0.15) is 0 Å². The number of H-pyrrole nitrogens is 1. The number of hydrogen-bond acceptors (Lipinski definition) is 7. The molecule has 4 N–H and O–H groups in total. The molecule has 0 aliphatic carbocycles. The fraction of sp³-hybridized carbons (Fsp3) is 0.125. The van der Waals surface area contributed by atoms with Crippen LogP contribution >= 0.6 is 11.6 Å². The van der Waals surface area contributed by atoms with E-state index in [4.69, 9.17) is 21.8 Å². The molecule has 0 aliphatic heterocycles. The summed E-state index contributed by atoms with van der Waals surface area (Å²) in [5.41, 5.74) is 11.6. The summed E-state index contributed by atoms with van der Waals surface area (Å²) in [7, 11) is 0. The third kappa shape index (κ3) is 3.83. The highest BCUT2D eigenvalue weighted by atomic mass is 35.5. The molecule has 0 unspecified atom stereocenters. The Morgan fingerprint density at radius 2 is 2.09 bits per heavy atom. The van der Waals surface area contributed by atoms with Gasteiger partial charge in [0, 0.05) is 28.6 Å². The number of aromatic nitrogens is 6. The zero-order valence-corrected chi connectivity index (χ0v) is 19.3. The van der Waals surface area contributed by atoms with E-state index in [9.17, 15) is 4.79 Å². The number of carbonyl (C=O) groups excluding carboxylic acids is 1. The van der Waals surface area contributed by atoms with E-state index in [-0.39, 0.29) is 5.91 Å². The van der Waals surface area contributed by atoms with Gasteiger partial charge in [0.25, 0.3) is 5.91 Å². The minimum atomic E-state index is -0.208. The van der Waals surface area contributed by atoms with Crippen LogP contribution in [0.15, 0.2) is 53.5 Å². The van der Waals surface area contributed by atoms with Crippen LogP contribution in [0.2, 0.25) is 5.02 Å². The lowest BCUT2D eigenvalue weighted by Gasteiger charge is -2.07. The zero-order chi connectivity index (χ0) is 24.1. The number of nitrogens with one attached hydrogen (secondary N) is 2. The molecular formula is C24H19ClN8O2. The molecule has 0 saturated carbocycles. The van der Waals surface area contributed by atoms with Crippen LogP contribution in [0.3, 0.4) is 0 Å². The lowest BCUT2D eigenvalue weighted by molar-refractivity contribution is 0.0950. The average Bonchev–Trinajstić information content (AvgIpc) is 3.53. The standard InChI is InChI=1S/C24H19ClN8O2/c1-12-31-18-3-2-13(7-19(18)35-12)24(34)27-8-17-6-14-4-16(25)5-15(20(14)32-17)9-33-11-30-21-22(26)28-10-29-23(21)33/h2-7,10-11,32H,8-9H2,1H3,(H,27,34)(H2,26,28,29). The first-order valence-electron chi connectivity index (χ1n) is 10.8. The number of nitrogens with zero attached hydrogens (tertiary/aromatic N) is 5. The first kappa shape index (κ1) is 21.1. The van der Waals surface area contributed by atoms with Gasteiger partial charge in [-0.1, -0.05) is 11.6 Å². The number of aryl methyl sites for hydroxylation is 1. The molecule has 4 heterocycles. The Labute approximate surface area is 203 Å². The molecular weight excluding hydrogens is 468 g/mol. The number of fused-ring (bicyclic) bond motifs is 3. The molecule has 1 amide bonds. The largest absolute Gasteiger partial charge is 0.441 e. The number of hydrogen-bond donors (Lipinski definition) is 3. The number of carbonyl (C=O) groups is 1. The van der Waals surface area contributed by atoms with Crippen molar-refractivity contribution in [1.29, 1.82) is 0 Å². The summed E-state index contributed by atoms with van der Waals surface area (Å²) in [4.78, 5) is 33.0. The van der Waals surface area contributed by atoms with Gasteiger partial charge in [0.15, 0.2) is 22.9 Å². The number of nitrogen functional groups attached to an aromatic ring is 1. The molecule has 6 rings (SSSR count). The first-order valence-corrected chi connectivity index (χ1v) is 11.2. The molecule has 35 heavy (non-hydrogen) atoms. The van der Waals surface area contributed by atoms with Crippen molar-refractivity contribution in [2.75, 3.05) is 5.73 Å². The molecule has 0 saturated heterocycles. The van der Waals surface area contributed by atoms with Crippen molar-refractivity contribution in [3.8, 4) is 0 Å². The smallest absolute Gasteiger partial charge is 0.251 e. The molecule has 6 aromatic rings. The Kier molecular flexibility index (Phi) is 4.89. The van der Waals surface area contributed by atoms with E-state index in [1.165, 1.54) is 6.33 Å². The van der Waals surface area contributed by atoms with Crippen molar-refractivity contribution < 1.29 is 9.21 Å². The van der Waals surface area contributed by atoms with Gasteiger partial charge in [-0.15, -0.1) is 0 Å². The van der Waals surface area contributed by atoms with Crippen molar-refractivity contribution in [2.45, 2.75) is 20.0 Å². The Hall–Kier alpha value is -4.44. The molecule has 174 valence electrons. The second-order valence-electron chi connectivity index (χ2n) is 8.23. The van der Waals surface area contributed by atoms with E-state index in [0.29, 0.717) is 52.1 Å². The second-order valence-corrected chi connectivity index (χ2v) is 8.66. The summed E-state index contributed by atoms with van der Waals surface area (Å²) >= 11 is 6.41. The number of anilines is 1. The molecule has 4 aromatic heterocycles. The van der Waals surface area contributed by atoms with Crippen molar-refractivity contribution in [3.63, 3.8) is 0 Å². The van der Waals surface area contributed by atoms with Crippen molar-refractivity contribution >= 4 is 56.5 Å². The van der Waals surface area contributed by atoms with Crippen LogP contribution in [0.1, 0.15) is 27.5 Å². The summed E-state index contributed by atoms with van der Waals surface area (Å²) in [6.45, 7) is 2.57. The highest BCUT2D eigenvalue weighted by Gasteiger charge is 2.14. The molecule has 10 nitrogen and oxygen atoms in total. The third-order valence-corrected chi connectivity index (χ3v) is 6.02. The van der Waals surface area contributed by atoms with E-state index in [1.54, 1.807) is 31.5 Å². The fourth-order valence-electron chi connectivity index (χ4n) is 4.21. The predicted molar refractivity (Wildman–Crippen MR) is 132 cm³/mol. The van der Waals surface area contributed by atoms with Crippen LogP contribution in [0, 0.1) is 6.92 Å². The van der Waals surface area contributed by atoms with Gasteiger partial charge in [0.2, 0.25) is 0 Å². The number of amides is 1. The lowest BCUT2D eigenvalue weighted by Crippen LogP contribution is -2.22. The van der Waals surface area contributed by atoms with Crippen LogP contribution in [0.4, 0.5) is 5.82 Å². The van der Waals surface area contributed by atoms with Crippen molar-refractivity contribution in [2.24, 2.45) is 0 Å². The van der Waals surface area contributed by atoms with E-state index in [1.807, 2.05) is 22.8 Å². The number of aromatic amines is 1. The maximum atomic E-state index is 12.7. The van der Waals surface area contributed by atoms with E-state index < -0.39 is 0 Å². The number of imidazole rings is 1. The zero-order valence-electron chi connectivity index (χ0n) is 18.5. The highest BCUT2D eigenvalue weighted by molar-refractivity contribution is 6.31. The van der Waals surface area contributed by atoms with E-state index in [0.717, 1.165) is 27.7 Å². The molecule has 0 bridgehead atoms.